The number of rotatable bonds is 2. The van der Waals surface area contributed by atoms with E-state index in [-0.39, 0.29) is 0 Å². The van der Waals surface area contributed by atoms with Crippen LogP contribution in [0.25, 0.3) is 21.9 Å². The van der Waals surface area contributed by atoms with Crippen molar-refractivity contribution in [1.29, 1.82) is 0 Å². The van der Waals surface area contributed by atoms with Crippen LogP contribution >= 0.6 is 11.3 Å². The van der Waals surface area contributed by atoms with E-state index in [0.717, 1.165) is 29.0 Å². The molecule has 0 aromatic carbocycles. The van der Waals surface area contributed by atoms with Gasteiger partial charge in [-0.1, -0.05) is 6.92 Å². The van der Waals surface area contributed by atoms with Gasteiger partial charge in [-0.05, 0) is 37.1 Å². The molecule has 0 fully saturated rings. The number of thiophene rings is 1. The van der Waals surface area contributed by atoms with Gasteiger partial charge < -0.3 is 4.98 Å². The standard InChI is InChI=1S/C13H13N3S/c1-3-9-4-5-11(17-9)13-15-10-6-8(2)7-14-12(10)16-13/h4-7H,3H2,1-2H3,(H,14,15,16). The molecule has 0 radical (unpaired) electrons. The van der Waals surface area contributed by atoms with Gasteiger partial charge in [0, 0.05) is 11.1 Å². The molecule has 0 aliphatic rings. The van der Waals surface area contributed by atoms with Crippen molar-refractivity contribution >= 4 is 22.5 Å². The van der Waals surface area contributed by atoms with E-state index >= 15 is 0 Å². The van der Waals surface area contributed by atoms with Crippen LogP contribution < -0.4 is 0 Å². The Morgan fingerprint density at radius 3 is 3.00 bits per heavy atom. The molecule has 1 N–H and O–H groups in total. The number of hydrogen-bond acceptors (Lipinski definition) is 3. The largest absolute Gasteiger partial charge is 0.336 e. The van der Waals surface area contributed by atoms with Crippen LogP contribution in [-0.2, 0) is 6.42 Å². The van der Waals surface area contributed by atoms with Gasteiger partial charge in [-0.3, -0.25) is 0 Å². The third-order valence-corrected chi connectivity index (χ3v) is 3.95. The number of aryl methyl sites for hydroxylation is 2. The molecule has 3 nitrogen and oxygen atoms in total. The molecule has 0 saturated carbocycles. The zero-order valence-electron chi connectivity index (χ0n) is 9.82. The van der Waals surface area contributed by atoms with Crippen LogP contribution in [0.4, 0.5) is 0 Å². The van der Waals surface area contributed by atoms with Gasteiger partial charge in [0.25, 0.3) is 0 Å². The number of pyridine rings is 1. The van der Waals surface area contributed by atoms with Gasteiger partial charge in [-0.2, -0.15) is 0 Å². The van der Waals surface area contributed by atoms with Crippen molar-refractivity contribution in [3.8, 4) is 10.7 Å². The molecule has 86 valence electrons. The van der Waals surface area contributed by atoms with Gasteiger partial charge >= 0.3 is 0 Å². The fourth-order valence-corrected chi connectivity index (χ4v) is 2.71. The Kier molecular flexibility index (Phi) is 2.44. The molecule has 0 aliphatic carbocycles. The molecular weight excluding hydrogens is 230 g/mol. The Balaban J connectivity index is 2.11. The first kappa shape index (κ1) is 10.5. The van der Waals surface area contributed by atoms with E-state index in [0.29, 0.717) is 0 Å². The van der Waals surface area contributed by atoms with E-state index < -0.39 is 0 Å². The fraction of sp³-hybridized carbons (Fsp3) is 0.231. The quantitative estimate of drug-likeness (QED) is 0.747. The van der Waals surface area contributed by atoms with E-state index in [2.05, 4.69) is 40.1 Å². The number of nitrogens with zero attached hydrogens (tertiary/aromatic N) is 2. The third kappa shape index (κ3) is 1.85. The zero-order chi connectivity index (χ0) is 11.8. The normalized spacial score (nSPS) is 11.2. The van der Waals surface area contributed by atoms with E-state index in [1.165, 1.54) is 9.75 Å². The summed E-state index contributed by atoms with van der Waals surface area (Å²) in [7, 11) is 0. The summed E-state index contributed by atoms with van der Waals surface area (Å²) >= 11 is 1.78. The van der Waals surface area contributed by atoms with Gasteiger partial charge in [-0.15, -0.1) is 11.3 Å². The molecule has 0 saturated heterocycles. The monoisotopic (exact) mass is 243 g/mol. The molecule has 0 unspecified atom stereocenters. The first-order valence-electron chi connectivity index (χ1n) is 5.67. The van der Waals surface area contributed by atoms with Crippen molar-refractivity contribution in [3.05, 3.63) is 34.8 Å². The lowest BCUT2D eigenvalue weighted by molar-refractivity contribution is 1.19. The molecule has 0 atom stereocenters. The van der Waals surface area contributed by atoms with Crippen molar-refractivity contribution in [2.75, 3.05) is 0 Å². The first-order chi connectivity index (χ1) is 8.26. The van der Waals surface area contributed by atoms with Crippen LogP contribution in [0, 0.1) is 6.92 Å². The second kappa shape index (κ2) is 3.96. The van der Waals surface area contributed by atoms with E-state index in [9.17, 15) is 0 Å². The molecule has 3 aromatic heterocycles. The predicted octanol–water partition coefficient (Wildman–Crippen LogP) is 3.56. The van der Waals surface area contributed by atoms with Gasteiger partial charge in [-0.25, -0.2) is 9.97 Å². The number of aromatic amines is 1. The average Bonchev–Trinajstić information content (AvgIpc) is 2.93. The van der Waals surface area contributed by atoms with Gasteiger partial charge in [0.05, 0.1) is 10.4 Å². The van der Waals surface area contributed by atoms with Crippen molar-refractivity contribution in [3.63, 3.8) is 0 Å². The lowest BCUT2D eigenvalue weighted by atomic mass is 10.3. The lowest BCUT2D eigenvalue weighted by Gasteiger charge is -1.89. The van der Waals surface area contributed by atoms with Crippen LogP contribution in [-0.4, -0.2) is 15.0 Å². The molecule has 0 spiro atoms. The van der Waals surface area contributed by atoms with Crippen molar-refractivity contribution in [2.45, 2.75) is 20.3 Å². The summed E-state index contributed by atoms with van der Waals surface area (Å²) in [6.45, 7) is 4.20. The lowest BCUT2D eigenvalue weighted by Crippen LogP contribution is -1.77. The van der Waals surface area contributed by atoms with Gasteiger partial charge in [0.15, 0.2) is 11.5 Å². The predicted molar refractivity (Wildman–Crippen MR) is 71.3 cm³/mol. The van der Waals surface area contributed by atoms with Crippen molar-refractivity contribution in [1.82, 2.24) is 15.0 Å². The smallest absolute Gasteiger partial charge is 0.178 e. The molecule has 0 aliphatic heterocycles. The highest BCUT2D eigenvalue weighted by atomic mass is 32.1. The number of H-pyrrole nitrogens is 1. The summed E-state index contributed by atoms with van der Waals surface area (Å²) in [5.41, 5.74) is 2.94. The SMILES string of the molecule is CCc1ccc(-c2nc3ncc(C)cc3[nH]2)s1. The maximum absolute atomic E-state index is 4.52. The number of nitrogens with one attached hydrogen (secondary N) is 1. The van der Waals surface area contributed by atoms with Crippen molar-refractivity contribution < 1.29 is 0 Å². The zero-order valence-corrected chi connectivity index (χ0v) is 10.6. The average molecular weight is 243 g/mol. The highest BCUT2D eigenvalue weighted by Crippen LogP contribution is 2.27. The van der Waals surface area contributed by atoms with Crippen molar-refractivity contribution in [2.24, 2.45) is 0 Å². The summed E-state index contributed by atoms with van der Waals surface area (Å²) < 4.78 is 0. The molecule has 3 rings (SSSR count). The summed E-state index contributed by atoms with van der Waals surface area (Å²) in [6.07, 6.45) is 2.92. The fourth-order valence-electron chi connectivity index (χ4n) is 1.82. The third-order valence-electron chi connectivity index (χ3n) is 2.72. The van der Waals surface area contributed by atoms with Crippen LogP contribution in [0.15, 0.2) is 24.4 Å². The minimum absolute atomic E-state index is 0.789. The molecule has 0 amide bonds. The summed E-state index contributed by atoms with van der Waals surface area (Å²) in [6, 6.07) is 6.35. The van der Waals surface area contributed by atoms with E-state index in [4.69, 9.17) is 0 Å². The molecular formula is C13H13N3S. The molecule has 17 heavy (non-hydrogen) atoms. The van der Waals surface area contributed by atoms with Crippen LogP contribution in [0.3, 0.4) is 0 Å². The minimum atomic E-state index is 0.789. The maximum Gasteiger partial charge on any atom is 0.178 e. The summed E-state index contributed by atoms with van der Waals surface area (Å²) in [5, 5.41) is 0. The Hall–Kier alpha value is -1.68. The summed E-state index contributed by atoms with van der Waals surface area (Å²) in [4.78, 5) is 14.7. The maximum atomic E-state index is 4.52. The van der Waals surface area contributed by atoms with Crippen LogP contribution in [0.5, 0.6) is 0 Å². The van der Waals surface area contributed by atoms with Gasteiger partial charge in [0.1, 0.15) is 0 Å². The second-order valence-electron chi connectivity index (χ2n) is 4.09. The molecule has 3 heterocycles. The van der Waals surface area contributed by atoms with Crippen LogP contribution in [0.1, 0.15) is 17.4 Å². The first-order valence-corrected chi connectivity index (χ1v) is 6.49. The highest BCUT2D eigenvalue weighted by Gasteiger charge is 2.08. The Labute approximate surface area is 104 Å². The topological polar surface area (TPSA) is 41.6 Å². The van der Waals surface area contributed by atoms with E-state index in [1.54, 1.807) is 11.3 Å². The molecule has 3 aromatic rings. The summed E-state index contributed by atoms with van der Waals surface area (Å²) in [5.74, 6) is 0.919. The number of fused-ring (bicyclic) bond motifs is 1. The number of hydrogen-bond donors (Lipinski definition) is 1. The Bertz CT molecular complexity index is 666. The Morgan fingerprint density at radius 2 is 2.24 bits per heavy atom. The number of aromatic nitrogens is 3. The molecule has 4 heteroatoms. The van der Waals surface area contributed by atoms with E-state index in [1.807, 2.05) is 13.1 Å². The highest BCUT2D eigenvalue weighted by molar-refractivity contribution is 7.15. The molecule has 0 bridgehead atoms. The number of imidazole rings is 1. The van der Waals surface area contributed by atoms with Crippen LogP contribution in [0.2, 0.25) is 0 Å². The second-order valence-corrected chi connectivity index (χ2v) is 5.26. The van der Waals surface area contributed by atoms with Gasteiger partial charge in [0.2, 0.25) is 0 Å². The Morgan fingerprint density at radius 1 is 1.35 bits per heavy atom. The minimum Gasteiger partial charge on any atom is -0.336 e.